The SMILES string of the molecule is CC(=O)Nc1ccc(SP(N)(N)=S)cc1. The largest absolute Gasteiger partial charge is 0.326 e. The van der Waals surface area contributed by atoms with Gasteiger partial charge in [-0.1, -0.05) is 23.2 Å². The molecule has 0 aliphatic rings. The van der Waals surface area contributed by atoms with Gasteiger partial charge in [-0.3, -0.25) is 15.8 Å². The fourth-order valence-corrected chi connectivity index (χ4v) is 3.68. The topological polar surface area (TPSA) is 81.1 Å². The number of rotatable bonds is 3. The zero-order valence-electron chi connectivity index (χ0n) is 8.14. The van der Waals surface area contributed by atoms with E-state index in [4.69, 9.17) is 22.8 Å². The maximum atomic E-state index is 10.8. The van der Waals surface area contributed by atoms with Crippen molar-refractivity contribution in [1.82, 2.24) is 0 Å². The maximum Gasteiger partial charge on any atom is 0.221 e. The first-order valence-electron chi connectivity index (χ1n) is 4.11. The summed E-state index contributed by atoms with van der Waals surface area (Å²) in [4.78, 5) is 11.7. The molecule has 0 aliphatic heterocycles. The molecule has 15 heavy (non-hydrogen) atoms. The number of amides is 1. The summed E-state index contributed by atoms with van der Waals surface area (Å²) in [6, 6.07) is 7.23. The van der Waals surface area contributed by atoms with Gasteiger partial charge in [0, 0.05) is 17.5 Å². The zero-order valence-corrected chi connectivity index (χ0v) is 10.7. The van der Waals surface area contributed by atoms with Crippen LogP contribution in [0, 0.1) is 0 Å². The summed E-state index contributed by atoms with van der Waals surface area (Å²) in [5.74, 6) is -0.0989. The van der Waals surface area contributed by atoms with E-state index in [1.807, 2.05) is 12.1 Å². The molecule has 0 heterocycles. The molecule has 4 nitrogen and oxygen atoms in total. The first-order valence-corrected chi connectivity index (χ1v) is 8.47. The molecule has 0 saturated carbocycles. The van der Waals surface area contributed by atoms with Gasteiger partial charge in [0.05, 0.1) is 0 Å². The van der Waals surface area contributed by atoms with E-state index in [1.54, 1.807) is 12.1 Å². The van der Waals surface area contributed by atoms with E-state index in [9.17, 15) is 4.79 Å². The lowest BCUT2D eigenvalue weighted by Crippen LogP contribution is -2.05. The number of benzene rings is 1. The van der Waals surface area contributed by atoms with Crippen molar-refractivity contribution in [2.45, 2.75) is 11.8 Å². The van der Waals surface area contributed by atoms with Crippen LogP contribution in [0.2, 0.25) is 0 Å². The van der Waals surface area contributed by atoms with Crippen molar-refractivity contribution in [3.05, 3.63) is 24.3 Å². The van der Waals surface area contributed by atoms with E-state index in [2.05, 4.69) is 5.32 Å². The number of hydrogen-bond donors (Lipinski definition) is 3. The third kappa shape index (κ3) is 5.30. The number of carbonyl (C=O) groups excluding carboxylic acids is 1. The van der Waals surface area contributed by atoms with E-state index in [1.165, 1.54) is 18.3 Å². The van der Waals surface area contributed by atoms with Crippen LogP contribution < -0.4 is 16.3 Å². The van der Waals surface area contributed by atoms with Crippen molar-refractivity contribution in [3.63, 3.8) is 0 Å². The third-order valence-corrected chi connectivity index (χ3v) is 4.35. The summed E-state index contributed by atoms with van der Waals surface area (Å²) >= 11 is 6.23. The second-order valence-electron chi connectivity index (χ2n) is 2.94. The Morgan fingerprint density at radius 2 is 1.93 bits per heavy atom. The standard InChI is InChI=1S/C8H12N3OPS2/c1-6(12)11-7-2-4-8(5-3-7)15-13(9,10)14/h2-5H,1H3,(H,11,12)(H4,9,10,14). The Bertz CT molecular complexity index is 401. The summed E-state index contributed by atoms with van der Waals surface area (Å²) in [5.41, 5.74) is 9.64. The van der Waals surface area contributed by atoms with Crippen LogP contribution in [-0.2, 0) is 16.6 Å². The minimum absolute atomic E-state index is 0.0989. The average Bonchev–Trinajstić information content (AvgIpc) is 2.05. The molecule has 0 spiro atoms. The lowest BCUT2D eigenvalue weighted by Gasteiger charge is -2.09. The van der Waals surface area contributed by atoms with E-state index >= 15 is 0 Å². The van der Waals surface area contributed by atoms with E-state index in [0.29, 0.717) is 0 Å². The summed E-state index contributed by atoms with van der Waals surface area (Å²) < 4.78 is 0. The summed E-state index contributed by atoms with van der Waals surface area (Å²) in [6.45, 7) is 1.46. The van der Waals surface area contributed by atoms with Crippen LogP contribution >= 0.6 is 16.9 Å². The number of hydrogen-bond acceptors (Lipinski definition) is 3. The second kappa shape index (κ2) is 5.09. The fraction of sp³-hybridized carbons (Fsp3) is 0.125. The predicted octanol–water partition coefficient (Wildman–Crippen LogP) is 1.88. The van der Waals surface area contributed by atoms with Gasteiger partial charge in [0.2, 0.25) is 5.91 Å². The lowest BCUT2D eigenvalue weighted by atomic mass is 10.3. The Hall–Kier alpha value is -0.390. The monoisotopic (exact) mass is 261 g/mol. The summed E-state index contributed by atoms with van der Waals surface area (Å²) in [6.07, 6.45) is 0. The van der Waals surface area contributed by atoms with Gasteiger partial charge >= 0.3 is 0 Å². The smallest absolute Gasteiger partial charge is 0.221 e. The molecule has 0 aromatic heterocycles. The molecule has 0 bridgehead atoms. The minimum Gasteiger partial charge on any atom is -0.326 e. The molecule has 7 heteroatoms. The molecule has 0 aliphatic carbocycles. The molecule has 1 rings (SSSR count). The van der Waals surface area contributed by atoms with Crippen molar-refractivity contribution in [1.29, 1.82) is 0 Å². The quantitative estimate of drug-likeness (QED) is 0.724. The number of anilines is 1. The molecule has 0 saturated heterocycles. The van der Waals surface area contributed by atoms with Crippen molar-refractivity contribution >= 4 is 40.3 Å². The fourth-order valence-electron chi connectivity index (χ4n) is 0.967. The number of nitrogens with one attached hydrogen (secondary N) is 1. The van der Waals surface area contributed by atoms with Gasteiger partial charge < -0.3 is 5.32 Å². The zero-order chi connectivity index (χ0) is 11.5. The molecular weight excluding hydrogens is 249 g/mol. The van der Waals surface area contributed by atoms with Gasteiger partial charge in [-0.05, 0) is 24.3 Å². The first kappa shape index (κ1) is 12.7. The van der Waals surface area contributed by atoms with Crippen LogP contribution in [0.25, 0.3) is 0 Å². The van der Waals surface area contributed by atoms with Crippen LogP contribution in [-0.4, -0.2) is 5.91 Å². The third-order valence-electron chi connectivity index (χ3n) is 1.42. The van der Waals surface area contributed by atoms with Gasteiger partial charge in [-0.2, -0.15) is 0 Å². The highest BCUT2D eigenvalue weighted by molar-refractivity contribution is 8.69. The van der Waals surface area contributed by atoms with Crippen molar-refractivity contribution in [2.75, 3.05) is 5.32 Å². The highest BCUT2D eigenvalue weighted by Crippen LogP contribution is 2.48. The highest BCUT2D eigenvalue weighted by Gasteiger charge is 2.05. The predicted molar refractivity (Wildman–Crippen MR) is 69.3 cm³/mol. The van der Waals surface area contributed by atoms with Crippen LogP contribution in [0.3, 0.4) is 0 Å². The van der Waals surface area contributed by atoms with Crippen molar-refractivity contribution in [2.24, 2.45) is 11.0 Å². The Kier molecular flexibility index (Phi) is 4.31. The van der Waals surface area contributed by atoms with E-state index in [-0.39, 0.29) is 5.91 Å². The van der Waals surface area contributed by atoms with Crippen LogP contribution in [0.4, 0.5) is 5.69 Å². The normalized spacial score (nSPS) is 11.1. The Balaban J connectivity index is 2.72. The molecule has 0 radical (unpaired) electrons. The summed E-state index contributed by atoms with van der Waals surface area (Å²) in [7, 11) is 0. The van der Waals surface area contributed by atoms with Gasteiger partial charge in [-0.15, -0.1) is 0 Å². The average molecular weight is 261 g/mol. The maximum absolute atomic E-state index is 10.8. The highest BCUT2D eigenvalue weighted by atomic mass is 32.9. The van der Waals surface area contributed by atoms with E-state index < -0.39 is 5.54 Å². The lowest BCUT2D eigenvalue weighted by molar-refractivity contribution is -0.114. The molecular formula is C8H12N3OPS2. The van der Waals surface area contributed by atoms with Gasteiger partial charge in [0.1, 0.15) is 5.54 Å². The van der Waals surface area contributed by atoms with Gasteiger partial charge in [0.15, 0.2) is 0 Å². The Morgan fingerprint density at radius 3 is 2.33 bits per heavy atom. The molecule has 0 fully saturated rings. The molecule has 0 atom stereocenters. The molecule has 0 unspecified atom stereocenters. The molecule has 1 aromatic rings. The molecule has 1 aromatic carbocycles. The Labute approximate surface area is 97.7 Å². The second-order valence-corrected chi connectivity index (χ2v) is 9.75. The van der Waals surface area contributed by atoms with Crippen LogP contribution in [0.1, 0.15) is 6.92 Å². The van der Waals surface area contributed by atoms with Crippen molar-refractivity contribution < 1.29 is 4.79 Å². The molecule has 1 amide bonds. The van der Waals surface area contributed by atoms with Gasteiger partial charge in [-0.25, -0.2) is 0 Å². The Morgan fingerprint density at radius 1 is 1.40 bits per heavy atom. The van der Waals surface area contributed by atoms with E-state index in [0.717, 1.165) is 10.6 Å². The minimum atomic E-state index is -2.27. The van der Waals surface area contributed by atoms with Crippen LogP contribution in [0.5, 0.6) is 0 Å². The van der Waals surface area contributed by atoms with Crippen molar-refractivity contribution in [3.8, 4) is 0 Å². The summed E-state index contributed by atoms with van der Waals surface area (Å²) in [5, 5.41) is 2.67. The number of carbonyl (C=O) groups is 1. The molecule has 82 valence electrons. The first-order chi connectivity index (χ1) is 6.87. The van der Waals surface area contributed by atoms with Gasteiger partial charge in [0.25, 0.3) is 0 Å². The van der Waals surface area contributed by atoms with Crippen LogP contribution in [0.15, 0.2) is 29.2 Å². The number of nitrogens with two attached hydrogens (primary N) is 2. The molecule has 5 N–H and O–H groups in total.